The molecule has 4 N–H and O–H groups in total. The molecule has 0 unspecified atom stereocenters. The number of nitrogens with zero attached hydrogens (tertiary/aromatic N) is 4. The van der Waals surface area contributed by atoms with Gasteiger partial charge in [-0.2, -0.15) is 26.3 Å². The molecule has 4 heterocycles. The number of nitrogens with one attached hydrogen (secondary N) is 1. The van der Waals surface area contributed by atoms with Crippen molar-refractivity contribution in [3.8, 4) is 0 Å². The Hall–Kier alpha value is -4.92. The molecule has 2 fully saturated rings. The van der Waals surface area contributed by atoms with Gasteiger partial charge in [-0.25, -0.2) is 14.6 Å². The quantitative estimate of drug-likeness (QED) is 0.0562. The molecule has 3 aliphatic rings. The number of carbonyl (C=O) groups is 5. The van der Waals surface area contributed by atoms with Gasteiger partial charge in [-0.3, -0.25) is 19.3 Å². The van der Waals surface area contributed by atoms with Crippen LogP contribution in [0.2, 0.25) is 0 Å². The topological polar surface area (TPSA) is 185 Å². The number of hydrogen-bond donors (Lipinski definition) is 3. The number of fused-ring (bicyclic) bond motifs is 1. The Balaban J connectivity index is 1.38. The number of carbonyl (C=O) groups excluding carboxylic acids is 5. The second-order valence-electron chi connectivity index (χ2n) is 10.3. The van der Waals surface area contributed by atoms with Crippen LogP contribution >= 0.6 is 23.1 Å². The number of allylic oxidation sites excluding steroid dienone is 1. The third-order valence-corrected chi connectivity index (χ3v) is 9.17. The van der Waals surface area contributed by atoms with Gasteiger partial charge in [0.2, 0.25) is 5.91 Å². The number of thiazole rings is 1. The van der Waals surface area contributed by atoms with E-state index in [9.17, 15) is 55.5 Å². The van der Waals surface area contributed by atoms with Crippen molar-refractivity contribution in [3.05, 3.63) is 69.4 Å². The number of likely N-dealkylation sites (tertiary alicyclic amines) is 1. The van der Waals surface area contributed by atoms with Gasteiger partial charge in [0.1, 0.15) is 22.8 Å². The molecule has 21 heteroatoms. The fraction of sp³-hybridized carbons (Fsp3) is 0.296. The van der Waals surface area contributed by atoms with Crippen LogP contribution in [0.5, 0.6) is 0 Å². The number of halogens is 6. The first kappa shape index (κ1) is 34.4. The molecule has 0 spiro atoms. The number of rotatable bonds is 7. The molecule has 0 saturated carbocycles. The number of nitrogen functional groups attached to an aromatic ring is 1. The monoisotopic (exact) mass is 718 g/mol. The number of hydrogen-bond acceptors (Lipinski definition) is 12. The maximum atomic E-state index is 13.2. The first-order chi connectivity index (χ1) is 22.5. The van der Waals surface area contributed by atoms with Crippen molar-refractivity contribution < 1.29 is 60.3 Å². The van der Waals surface area contributed by atoms with Crippen molar-refractivity contribution in [3.63, 3.8) is 0 Å². The van der Waals surface area contributed by atoms with Crippen LogP contribution in [0.25, 0.3) is 0 Å². The lowest BCUT2D eigenvalue weighted by atomic mass is 10.0. The number of β-lactam (4-membered cyclic amide) rings is 1. The normalized spacial score (nSPS) is 21.0. The largest absolute Gasteiger partial charge is 0.491 e. The predicted octanol–water partition coefficient (Wildman–Crippen LogP) is 2.57. The van der Waals surface area contributed by atoms with Gasteiger partial charge >= 0.3 is 24.3 Å². The van der Waals surface area contributed by atoms with E-state index in [1.54, 1.807) is 0 Å². The number of nitrogens with two attached hydrogens (primary N) is 1. The summed E-state index contributed by atoms with van der Waals surface area (Å²) in [7, 11) is 0. The minimum atomic E-state index is -5.56. The second kappa shape index (κ2) is 12.9. The average Bonchev–Trinajstić information content (AvgIpc) is 3.59. The Morgan fingerprint density at radius 1 is 1.15 bits per heavy atom. The molecule has 48 heavy (non-hydrogen) atoms. The molecule has 3 amide bonds. The zero-order valence-corrected chi connectivity index (χ0v) is 25.4. The molecule has 2 atom stereocenters. The van der Waals surface area contributed by atoms with Crippen molar-refractivity contribution in [2.75, 3.05) is 18.0 Å². The Morgan fingerprint density at radius 2 is 1.83 bits per heavy atom. The van der Waals surface area contributed by atoms with Gasteiger partial charge < -0.3 is 25.9 Å². The van der Waals surface area contributed by atoms with Crippen LogP contribution in [0, 0.1) is 0 Å². The fourth-order valence-corrected chi connectivity index (χ4v) is 6.79. The number of benzene rings is 1. The SMILES string of the molecule is Nc1nc(/C(=N/O)C(=O)N[C@@H]2C(=O)N3C(C(=O)OC(=O)C(F)(F)F)=C(/C=C4\CCN(Cc5ccc(C(F)(F)F)cc5)C4=O)CS[C@H]23)cs1. The number of thioether (sulfide) groups is 1. The molecule has 5 rings (SSSR count). The van der Waals surface area contributed by atoms with E-state index in [1.165, 1.54) is 28.5 Å². The molecule has 0 radical (unpaired) electrons. The maximum Gasteiger partial charge on any atom is 0.491 e. The summed E-state index contributed by atoms with van der Waals surface area (Å²) in [5.41, 5.74) is 3.48. The maximum absolute atomic E-state index is 13.2. The van der Waals surface area contributed by atoms with E-state index in [4.69, 9.17) is 5.73 Å². The lowest BCUT2D eigenvalue weighted by Gasteiger charge is -2.49. The van der Waals surface area contributed by atoms with Gasteiger partial charge in [0, 0.05) is 29.8 Å². The minimum absolute atomic E-state index is 0.0412. The number of alkyl halides is 6. The van der Waals surface area contributed by atoms with Gasteiger partial charge in [0.15, 0.2) is 10.8 Å². The van der Waals surface area contributed by atoms with Gasteiger partial charge in [-0.05, 0) is 35.8 Å². The summed E-state index contributed by atoms with van der Waals surface area (Å²) in [5, 5.41) is 14.8. The Bertz CT molecular complexity index is 1790. The van der Waals surface area contributed by atoms with Crippen LogP contribution < -0.4 is 11.1 Å². The molecular weight excluding hydrogens is 698 g/mol. The van der Waals surface area contributed by atoms with E-state index in [-0.39, 0.29) is 47.2 Å². The third kappa shape index (κ3) is 6.86. The molecule has 2 saturated heterocycles. The van der Waals surface area contributed by atoms with Crippen LogP contribution in [-0.2, 0) is 41.4 Å². The highest BCUT2D eigenvalue weighted by Crippen LogP contribution is 2.42. The summed E-state index contributed by atoms with van der Waals surface area (Å²) < 4.78 is 81.5. The molecule has 2 aromatic rings. The smallest absolute Gasteiger partial charge is 0.410 e. The van der Waals surface area contributed by atoms with E-state index in [0.29, 0.717) is 10.5 Å². The average molecular weight is 719 g/mol. The summed E-state index contributed by atoms with van der Waals surface area (Å²) in [6.45, 7) is 0.0367. The van der Waals surface area contributed by atoms with Gasteiger partial charge in [-0.1, -0.05) is 17.3 Å². The van der Waals surface area contributed by atoms with E-state index in [1.807, 2.05) is 0 Å². The molecule has 13 nitrogen and oxygen atoms in total. The highest BCUT2D eigenvalue weighted by atomic mass is 32.2. The van der Waals surface area contributed by atoms with Gasteiger partial charge in [0.05, 0.1) is 5.56 Å². The number of ether oxygens (including phenoxy) is 1. The zero-order chi connectivity index (χ0) is 35.1. The van der Waals surface area contributed by atoms with E-state index < -0.39 is 70.4 Å². The highest BCUT2D eigenvalue weighted by molar-refractivity contribution is 8.00. The van der Waals surface area contributed by atoms with Gasteiger partial charge in [-0.15, -0.1) is 23.1 Å². The predicted molar refractivity (Wildman–Crippen MR) is 154 cm³/mol. The van der Waals surface area contributed by atoms with Gasteiger partial charge in [0.25, 0.3) is 11.8 Å². The van der Waals surface area contributed by atoms with E-state index in [0.717, 1.165) is 35.2 Å². The van der Waals surface area contributed by atoms with Crippen molar-refractivity contribution in [1.82, 2.24) is 20.1 Å². The number of anilines is 1. The molecule has 1 aromatic heterocycles. The zero-order valence-electron chi connectivity index (χ0n) is 23.8. The summed E-state index contributed by atoms with van der Waals surface area (Å²) in [4.78, 5) is 69.5. The molecule has 254 valence electrons. The van der Waals surface area contributed by atoms with Crippen LogP contribution in [0.15, 0.2) is 57.7 Å². The molecule has 0 bridgehead atoms. The number of oxime groups is 1. The Morgan fingerprint density at radius 3 is 2.42 bits per heavy atom. The van der Waals surface area contributed by atoms with E-state index in [2.05, 4.69) is 20.2 Å². The van der Waals surface area contributed by atoms with Crippen LogP contribution in [0.1, 0.15) is 23.2 Å². The molecule has 1 aromatic carbocycles. The van der Waals surface area contributed by atoms with Crippen molar-refractivity contribution in [2.24, 2.45) is 5.16 Å². The van der Waals surface area contributed by atoms with Crippen LogP contribution in [0.4, 0.5) is 31.5 Å². The summed E-state index contributed by atoms with van der Waals surface area (Å²) >= 11 is 1.88. The summed E-state index contributed by atoms with van der Waals surface area (Å²) in [6.07, 6.45) is -8.87. The van der Waals surface area contributed by atoms with Crippen LogP contribution in [-0.4, -0.2) is 85.3 Å². The lowest BCUT2D eigenvalue weighted by molar-refractivity contribution is -0.201. The van der Waals surface area contributed by atoms with E-state index >= 15 is 0 Å². The van der Waals surface area contributed by atoms with Crippen molar-refractivity contribution in [2.45, 2.75) is 36.7 Å². The Labute approximate surface area is 273 Å². The summed E-state index contributed by atoms with van der Waals surface area (Å²) in [6, 6.07) is 2.75. The van der Waals surface area contributed by atoms with Crippen molar-refractivity contribution in [1.29, 1.82) is 0 Å². The number of esters is 2. The molecular formula is C27H20F6N6O7S2. The highest BCUT2D eigenvalue weighted by Gasteiger charge is 2.55. The number of amides is 3. The first-order valence-corrected chi connectivity index (χ1v) is 15.3. The van der Waals surface area contributed by atoms with Crippen LogP contribution in [0.3, 0.4) is 0 Å². The Kier molecular flexibility index (Phi) is 9.28. The summed E-state index contributed by atoms with van der Waals surface area (Å²) in [5.74, 6) is -7.56. The number of aromatic nitrogens is 1. The van der Waals surface area contributed by atoms with Crippen molar-refractivity contribution >= 4 is 63.6 Å². The first-order valence-electron chi connectivity index (χ1n) is 13.4. The minimum Gasteiger partial charge on any atom is -0.410 e. The lowest BCUT2D eigenvalue weighted by Crippen LogP contribution is -2.71. The molecule has 3 aliphatic heterocycles. The molecule has 0 aliphatic carbocycles. The second-order valence-corrected chi connectivity index (χ2v) is 12.3. The standard InChI is InChI=1S/C27H20F6N6O7S2/c28-26(29,30)14-3-1-11(2-4-14)8-38-6-5-12(20(38)41)7-13-9-47-22-17(36-19(40)16(37-45)15-10-48-25(34)35-15)21(42)39(22)18(13)23(43)46-24(44)27(31,32)33/h1-4,7,10,17,22,45H,5-6,8-9H2,(H2,34,35)(H,36,40)/b12-7+,37-16-/t17-,22-/m1/s1. The third-order valence-electron chi connectivity index (χ3n) is 7.19. The fourth-order valence-electron chi connectivity index (χ4n) is 4.93.